The van der Waals surface area contributed by atoms with Crippen LogP contribution in [-0.2, 0) is 4.79 Å². The first-order chi connectivity index (χ1) is 13.2. The molecule has 2 aliphatic rings. The van der Waals surface area contributed by atoms with E-state index >= 15 is 0 Å². The van der Waals surface area contributed by atoms with Crippen LogP contribution in [0.1, 0.15) is 76.5 Å². The summed E-state index contributed by atoms with van der Waals surface area (Å²) in [5, 5.41) is 0. The normalized spacial score (nSPS) is 24.4. The summed E-state index contributed by atoms with van der Waals surface area (Å²) >= 11 is 0. The number of piperidine rings is 1. The van der Waals surface area contributed by atoms with E-state index in [2.05, 4.69) is 28.9 Å². The molecular weight excluding hydrogens is 334 g/mol. The number of carbonyl (C=O) groups excluding carboxylic acids is 1. The first-order valence-electron chi connectivity index (χ1n) is 11.0. The van der Waals surface area contributed by atoms with Crippen molar-refractivity contribution in [2.75, 3.05) is 13.1 Å². The van der Waals surface area contributed by atoms with Crippen molar-refractivity contribution in [3.8, 4) is 0 Å². The van der Waals surface area contributed by atoms with E-state index in [1.54, 1.807) is 0 Å². The van der Waals surface area contributed by atoms with Crippen LogP contribution >= 0.6 is 0 Å². The second-order valence-corrected chi connectivity index (χ2v) is 8.60. The van der Waals surface area contributed by atoms with Gasteiger partial charge in [0.1, 0.15) is 5.82 Å². The number of hydrogen-bond donors (Lipinski definition) is 1. The highest BCUT2D eigenvalue weighted by Gasteiger charge is 2.32. The van der Waals surface area contributed by atoms with Crippen molar-refractivity contribution in [3.05, 3.63) is 30.1 Å². The lowest BCUT2D eigenvalue weighted by molar-refractivity contribution is -0.138. The van der Waals surface area contributed by atoms with Crippen molar-refractivity contribution in [1.82, 2.24) is 14.9 Å². The van der Waals surface area contributed by atoms with Crippen LogP contribution in [0.5, 0.6) is 0 Å². The third-order valence-corrected chi connectivity index (χ3v) is 6.76. The number of rotatable bonds is 5. The predicted molar refractivity (Wildman–Crippen MR) is 110 cm³/mol. The van der Waals surface area contributed by atoms with Gasteiger partial charge in [0.25, 0.3) is 0 Å². The molecule has 0 radical (unpaired) electrons. The molecule has 4 rings (SSSR count). The first-order valence-corrected chi connectivity index (χ1v) is 11.0. The number of aromatic nitrogens is 2. The van der Waals surface area contributed by atoms with Crippen LogP contribution < -0.4 is 0 Å². The van der Waals surface area contributed by atoms with E-state index in [4.69, 9.17) is 4.98 Å². The highest BCUT2D eigenvalue weighted by Crippen LogP contribution is 2.34. The second-order valence-electron chi connectivity index (χ2n) is 8.60. The number of hydrogen-bond acceptors (Lipinski definition) is 2. The molecule has 0 unspecified atom stereocenters. The Balaban J connectivity index is 1.28. The maximum Gasteiger partial charge on any atom is 0.225 e. The average Bonchev–Trinajstić information content (AvgIpc) is 3.16. The van der Waals surface area contributed by atoms with E-state index < -0.39 is 0 Å². The van der Waals surface area contributed by atoms with Crippen LogP contribution in [0.15, 0.2) is 24.3 Å². The fourth-order valence-electron chi connectivity index (χ4n) is 4.99. The Morgan fingerprint density at radius 1 is 1.11 bits per heavy atom. The summed E-state index contributed by atoms with van der Waals surface area (Å²) in [6.45, 7) is 4.04. The van der Waals surface area contributed by atoms with Gasteiger partial charge in [-0.3, -0.25) is 4.79 Å². The third-order valence-electron chi connectivity index (χ3n) is 6.76. The number of fused-ring (bicyclic) bond motifs is 1. The second kappa shape index (κ2) is 8.45. The molecule has 1 saturated heterocycles. The van der Waals surface area contributed by atoms with Crippen LogP contribution in [0, 0.1) is 11.8 Å². The van der Waals surface area contributed by atoms with Gasteiger partial charge >= 0.3 is 0 Å². The summed E-state index contributed by atoms with van der Waals surface area (Å²) in [7, 11) is 0. The molecule has 0 atom stereocenters. The quantitative estimate of drug-likeness (QED) is 0.783. The zero-order valence-electron chi connectivity index (χ0n) is 16.6. The number of H-pyrrole nitrogens is 1. The van der Waals surface area contributed by atoms with Gasteiger partial charge in [-0.2, -0.15) is 0 Å². The minimum Gasteiger partial charge on any atom is -0.342 e. The van der Waals surface area contributed by atoms with Crippen LogP contribution in [0.3, 0.4) is 0 Å². The van der Waals surface area contributed by atoms with E-state index in [0.29, 0.717) is 11.8 Å². The monoisotopic (exact) mass is 367 g/mol. The molecule has 1 aromatic heterocycles. The summed E-state index contributed by atoms with van der Waals surface area (Å²) in [5.41, 5.74) is 2.16. The molecule has 1 N–H and O–H groups in total. The van der Waals surface area contributed by atoms with Gasteiger partial charge in [0.2, 0.25) is 5.91 Å². The van der Waals surface area contributed by atoms with E-state index in [-0.39, 0.29) is 5.92 Å². The summed E-state index contributed by atoms with van der Waals surface area (Å²) in [6, 6.07) is 8.22. The Morgan fingerprint density at radius 2 is 1.85 bits per heavy atom. The van der Waals surface area contributed by atoms with Gasteiger partial charge in [-0.15, -0.1) is 0 Å². The Morgan fingerprint density at radius 3 is 2.56 bits per heavy atom. The molecule has 2 heterocycles. The fraction of sp³-hybridized carbons (Fsp3) is 0.652. The van der Waals surface area contributed by atoms with Crippen LogP contribution in [0.4, 0.5) is 0 Å². The Labute approximate surface area is 162 Å². The number of benzene rings is 1. The molecule has 2 aromatic rings. The molecule has 0 bridgehead atoms. The van der Waals surface area contributed by atoms with Crippen molar-refractivity contribution in [2.45, 2.75) is 70.6 Å². The molecule has 1 aliphatic carbocycles. The number of likely N-dealkylation sites (tertiary alicyclic amines) is 1. The molecule has 0 spiro atoms. The number of imidazole rings is 1. The minimum absolute atomic E-state index is 0.283. The van der Waals surface area contributed by atoms with Gasteiger partial charge in [-0.1, -0.05) is 38.3 Å². The van der Waals surface area contributed by atoms with Crippen molar-refractivity contribution in [3.63, 3.8) is 0 Å². The number of aromatic amines is 1. The van der Waals surface area contributed by atoms with Crippen LogP contribution in [0.2, 0.25) is 0 Å². The maximum atomic E-state index is 13.0. The molecule has 2 fully saturated rings. The summed E-state index contributed by atoms with van der Waals surface area (Å²) in [6.07, 6.45) is 10.8. The van der Waals surface area contributed by atoms with Crippen LogP contribution in [-0.4, -0.2) is 33.9 Å². The Hall–Kier alpha value is -1.84. The number of carbonyl (C=O) groups is 1. The van der Waals surface area contributed by atoms with Gasteiger partial charge in [0.15, 0.2) is 0 Å². The largest absolute Gasteiger partial charge is 0.342 e. The number of nitrogens with zero attached hydrogens (tertiary/aromatic N) is 2. The smallest absolute Gasteiger partial charge is 0.225 e. The molecule has 4 nitrogen and oxygen atoms in total. The van der Waals surface area contributed by atoms with Crippen LogP contribution in [0.25, 0.3) is 11.0 Å². The van der Waals surface area contributed by atoms with E-state index in [9.17, 15) is 4.79 Å². The zero-order valence-corrected chi connectivity index (χ0v) is 16.6. The van der Waals surface area contributed by atoms with Crippen molar-refractivity contribution >= 4 is 16.9 Å². The Bertz CT molecular complexity index is 719. The predicted octanol–water partition coefficient (Wildman–Crippen LogP) is 5.27. The number of unbranched alkanes of at least 4 members (excludes halogenated alkanes) is 1. The van der Waals surface area contributed by atoms with Crippen molar-refractivity contribution < 1.29 is 4.79 Å². The zero-order chi connectivity index (χ0) is 18.6. The molecule has 27 heavy (non-hydrogen) atoms. The van der Waals surface area contributed by atoms with E-state index in [1.165, 1.54) is 32.1 Å². The van der Waals surface area contributed by atoms with Gasteiger partial charge in [-0.25, -0.2) is 4.98 Å². The van der Waals surface area contributed by atoms with Crippen molar-refractivity contribution in [1.29, 1.82) is 0 Å². The lowest BCUT2D eigenvalue weighted by Gasteiger charge is -2.36. The molecule has 1 saturated carbocycles. The number of para-hydroxylation sites is 2. The SMILES string of the molecule is CCCCC1CCC(C(=O)N2CCC(c3nc4ccccc4[nH]3)CC2)CC1. The lowest BCUT2D eigenvalue weighted by Crippen LogP contribution is -2.42. The molecule has 4 heteroatoms. The minimum atomic E-state index is 0.283. The van der Waals surface area contributed by atoms with Gasteiger partial charge in [0, 0.05) is 24.9 Å². The molecular formula is C23H33N3O. The third kappa shape index (κ3) is 4.20. The van der Waals surface area contributed by atoms with Gasteiger partial charge in [-0.05, 0) is 56.6 Å². The average molecular weight is 368 g/mol. The maximum absolute atomic E-state index is 13.0. The highest BCUT2D eigenvalue weighted by atomic mass is 16.2. The summed E-state index contributed by atoms with van der Waals surface area (Å²) < 4.78 is 0. The molecule has 146 valence electrons. The molecule has 1 aromatic carbocycles. The number of nitrogens with one attached hydrogen (secondary N) is 1. The van der Waals surface area contributed by atoms with E-state index in [1.807, 2.05) is 12.1 Å². The number of amides is 1. The standard InChI is InChI=1S/C23H33N3O/c1-2-3-6-17-9-11-19(12-10-17)23(27)26-15-13-18(14-16-26)22-24-20-7-4-5-8-21(20)25-22/h4-5,7-8,17-19H,2-3,6,9-16H2,1H3,(H,24,25). The first kappa shape index (κ1) is 18.5. The summed E-state index contributed by atoms with van der Waals surface area (Å²) in [4.78, 5) is 23.3. The fourth-order valence-corrected chi connectivity index (χ4v) is 4.99. The molecule has 1 amide bonds. The Kier molecular flexibility index (Phi) is 5.80. The lowest BCUT2D eigenvalue weighted by atomic mass is 9.79. The van der Waals surface area contributed by atoms with E-state index in [0.717, 1.165) is 61.5 Å². The van der Waals surface area contributed by atoms with Gasteiger partial charge in [0.05, 0.1) is 11.0 Å². The topological polar surface area (TPSA) is 49.0 Å². The highest BCUT2D eigenvalue weighted by molar-refractivity contribution is 5.79. The van der Waals surface area contributed by atoms with Gasteiger partial charge < -0.3 is 9.88 Å². The molecule has 1 aliphatic heterocycles. The summed E-state index contributed by atoms with van der Waals surface area (Å²) in [5.74, 6) is 3.12. The van der Waals surface area contributed by atoms with Crippen molar-refractivity contribution in [2.24, 2.45) is 11.8 Å².